The molecule has 3 rings (SSSR count). The molecule has 2 amide bonds. The number of nitrogens with one attached hydrogen (secondary N) is 1. The summed E-state index contributed by atoms with van der Waals surface area (Å²) in [6.07, 6.45) is 3.80. The largest absolute Gasteiger partial charge is 0.383 e. The van der Waals surface area contributed by atoms with Gasteiger partial charge in [-0.05, 0) is 30.3 Å². The van der Waals surface area contributed by atoms with E-state index in [4.69, 9.17) is 4.74 Å². The number of hydrogen-bond acceptors (Lipinski definition) is 3. The van der Waals surface area contributed by atoms with Gasteiger partial charge in [-0.15, -0.1) is 0 Å². The van der Waals surface area contributed by atoms with Crippen LogP contribution in [0.4, 0.5) is 10.1 Å². The molecular formula is C18H20FN3O3. The average molecular weight is 345 g/mol. The molecule has 1 N–H and O–H groups in total. The minimum absolute atomic E-state index is 0.0845. The fourth-order valence-corrected chi connectivity index (χ4v) is 2.88. The molecule has 1 fully saturated rings. The number of rotatable bonds is 6. The van der Waals surface area contributed by atoms with Crippen molar-refractivity contribution in [2.24, 2.45) is 5.92 Å². The number of amides is 2. The van der Waals surface area contributed by atoms with Crippen LogP contribution in [0.5, 0.6) is 0 Å². The first-order valence-electron chi connectivity index (χ1n) is 8.09. The zero-order valence-electron chi connectivity index (χ0n) is 13.9. The fourth-order valence-electron chi connectivity index (χ4n) is 2.88. The minimum atomic E-state index is -0.509. The number of ether oxygens (including phenoxy) is 1. The van der Waals surface area contributed by atoms with Crippen molar-refractivity contribution >= 4 is 17.5 Å². The fraction of sp³-hybridized carbons (Fsp3) is 0.333. The molecule has 1 atom stereocenters. The van der Waals surface area contributed by atoms with Crippen molar-refractivity contribution in [2.45, 2.75) is 6.42 Å². The summed E-state index contributed by atoms with van der Waals surface area (Å²) in [6, 6.07) is 8.25. The molecule has 0 bridgehead atoms. The molecule has 1 unspecified atom stereocenters. The van der Waals surface area contributed by atoms with E-state index in [9.17, 15) is 14.0 Å². The second-order valence-electron chi connectivity index (χ2n) is 5.98. The third-order valence-corrected chi connectivity index (χ3v) is 4.26. The molecule has 0 saturated carbocycles. The maximum atomic E-state index is 14.1. The molecule has 0 radical (unpaired) electrons. The summed E-state index contributed by atoms with van der Waals surface area (Å²) in [4.78, 5) is 26.0. The number of nitrogens with zero attached hydrogens (tertiary/aromatic N) is 2. The molecule has 0 aliphatic carbocycles. The van der Waals surface area contributed by atoms with Gasteiger partial charge in [-0.3, -0.25) is 9.59 Å². The quantitative estimate of drug-likeness (QED) is 0.872. The zero-order chi connectivity index (χ0) is 17.8. The molecule has 1 aromatic carbocycles. The number of carbonyl (C=O) groups excluding carboxylic acids is 2. The van der Waals surface area contributed by atoms with Crippen molar-refractivity contribution in [3.8, 4) is 5.69 Å². The zero-order valence-corrected chi connectivity index (χ0v) is 13.9. The van der Waals surface area contributed by atoms with Crippen LogP contribution in [0.3, 0.4) is 0 Å². The Hall–Kier alpha value is -2.67. The molecule has 6 nitrogen and oxygen atoms in total. The van der Waals surface area contributed by atoms with Crippen molar-refractivity contribution in [2.75, 3.05) is 32.1 Å². The van der Waals surface area contributed by atoms with E-state index in [1.807, 2.05) is 29.1 Å². The van der Waals surface area contributed by atoms with Gasteiger partial charge in [-0.1, -0.05) is 0 Å². The van der Waals surface area contributed by atoms with Crippen molar-refractivity contribution in [3.63, 3.8) is 0 Å². The van der Waals surface area contributed by atoms with Gasteiger partial charge in [0.05, 0.1) is 18.2 Å². The molecule has 132 valence electrons. The number of aromatic nitrogens is 1. The molecular weight excluding hydrogens is 325 g/mol. The van der Waals surface area contributed by atoms with Crippen LogP contribution in [-0.2, 0) is 14.3 Å². The van der Waals surface area contributed by atoms with Gasteiger partial charge in [0.15, 0.2) is 0 Å². The van der Waals surface area contributed by atoms with E-state index in [-0.39, 0.29) is 23.9 Å². The van der Waals surface area contributed by atoms with Crippen molar-refractivity contribution in [3.05, 3.63) is 48.5 Å². The van der Waals surface area contributed by atoms with Crippen LogP contribution in [0.25, 0.3) is 5.69 Å². The van der Waals surface area contributed by atoms with Gasteiger partial charge in [0.25, 0.3) is 0 Å². The second-order valence-corrected chi connectivity index (χ2v) is 5.98. The molecule has 2 heterocycles. The van der Waals surface area contributed by atoms with Gasteiger partial charge in [0, 0.05) is 44.7 Å². The van der Waals surface area contributed by atoms with Crippen LogP contribution in [0.2, 0.25) is 0 Å². The smallest absolute Gasteiger partial charge is 0.229 e. The van der Waals surface area contributed by atoms with Crippen LogP contribution in [0.15, 0.2) is 42.7 Å². The molecule has 7 heteroatoms. The van der Waals surface area contributed by atoms with Crippen molar-refractivity contribution in [1.29, 1.82) is 0 Å². The SMILES string of the molecule is COCCN1CC(C(=O)Nc2cc(-n3cccc3)ccc2F)CC1=O. The first-order valence-corrected chi connectivity index (χ1v) is 8.09. The van der Waals surface area contributed by atoms with Crippen LogP contribution in [-0.4, -0.2) is 48.1 Å². The normalized spacial score (nSPS) is 17.1. The summed E-state index contributed by atoms with van der Waals surface area (Å²) in [5, 5.41) is 2.61. The number of methoxy groups -OCH3 is 1. The van der Waals surface area contributed by atoms with E-state index in [1.165, 1.54) is 6.07 Å². The second kappa shape index (κ2) is 7.48. The van der Waals surface area contributed by atoms with E-state index >= 15 is 0 Å². The number of hydrogen-bond donors (Lipinski definition) is 1. The molecule has 1 aliphatic rings. The molecule has 1 saturated heterocycles. The highest BCUT2D eigenvalue weighted by Crippen LogP contribution is 2.23. The third-order valence-electron chi connectivity index (χ3n) is 4.26. The topological polar surface area (TPSA) is 63.6 Å². The van der Waals surface area contributed by atoms with E-state index in [1.54, 1.807) is 24.1 Å². The van der Waals surface area contributed by atoms with Crippen LogP contribution < -0.4 is 5.32 Å². The van der Waals surface area contributed by atoms with Gasteiger partial charge in [0.1, 0.15) is 5.82 Å². The lowest BCUT2D eigenvalue weighted by Gasteiger charge is -2.16. The molecule has 0 spiro atoms. The summed E-state index contributed by atoms with van der Waals surface area (Å²) in [5.74, 6) is -1.43. The summed E-state index contributed by atoms with van der Waals surface area (Å²) in [6.45, 7) is 1.21. The van der Waals surface area contributed by atoms with E-state index in [0.717, 1.165) is 5.69 Å². The Labute approximate surface area is 145 Å². The first kappa shape index (κ1) is 17.2. The summed E-state index contributed by atoms with van der Waals surface area (Å²) in [5.41, 5.74) is 0.852. The summed E-state index contributed by atoms with van der Waals surface area (Å²) >= 11 is 0. The standard InChI is InChI=1S/C18H20FN3O3/c1-25-9-8-22-12-13(10-17(22)23)18(24)20-16-11-14(4-5-15(16)19)21-6-2-3-7-21/h2-7,11,13H,8-10,12H2,1H3,(H,20,24). The number of anilines is 1. The minimum Gasteiger partial charge on any atom is -0.383 e. The van der Waals surface area contributed by atoms with Gasteiger partial charge >= 0.3 is 0 Å². The third kappa shape index (κ3) is 3.88. The molecule has 25 heavy (non-hydrogen) atoms. The Bertz CT molecular complexity index is 761. The van der Waals surface area contributed by atoms with Gasteiger partial charge in [-0.25, -0.2) is 4.39 Å². The highest BCUT2D eigenvalue weighted by molar-refractivity contribution is 5.97. The molecule has 1 aromatic heterocycles. The van der Waals surface area contributed by atoms with E-state index in [2.05, 4.69) is 5.32 Å². The lowest BCUT2D eigenvalue weighted by atomic mass is 10.1. The van der Waals surface area contributed by atoms with E-state index in [0.29, 0.717) is 19.7 Å². The summed E-state index contributed by atoms with van der Waals surface area (Å²) < 4.78 is 20.8. The first-order chi connectivity index (χ1) is 12.1. The van der Waals surface area contributed by atoms with Crippen molar-refractivity contribution in [1.82, 2.24) is 9.47 Å². The average Bonchev–Trinajstić information content (AvgIpc) is 3.25. The van der Waals surface area contributed by atoms with Crippen LogP contribution >= 0.6 is 0 Å². The predicted molar refractivity (Wildman–Crippen MR) is 90.9 cm³/mol. The Kier molecular flexibility index (Phi) is 5.14. The van der Waals surface area contributed by atoms with E-state index < -0.39 is 11.7 Å². The van der Waals surface area contributed by atoms with Gasteiger partial charge in [0.2, 0.25) is 11.8 Å². The Morgan fingerprint density at radius 3 is 2.84 bits per heavy atom. The van der Waals surface area contributed by atoms with Crippen LogP contribution in [0.1, 0.15) is 6.42 Å². The lowest BCUT2D eigenvalue weighted by molar-refractivity contribution is -0.128. The van der Waals surface area contributed by atoms with Gasteiger partial charge in [-0.2, -0.15) is 0 Å². The number of benzene rings is 1. The van der Waals surface area contributed by atoms with Gasteiger partial charge < -0.3 is 19.5 Å². The van der Waals surface area contributed by atoms with Crippen molar-refractivity contribution < 1.29 is 18.7 Å². The lowest BCUT2D eigenvalue weighted by Crippen LogP contribution is -2.31. The number of halogens is 1. The molecule has 1 aliphatic heterocycles. The maximum Gasteiger partial charge on any atom is 0.229 e. The Morgan fingerprint density at radius 1 is 1.36 bits per heavy atom. The highest BCUT2D eigenvalue weighted by Gasteiger charge is 2.34. The summed E-state index contributed by atoms with van der Waals surface area (Å²) in [7, 11) is 1.56. The Morgan fingerprint density at radius 2 is 2.12 bits per heavy atom. The van der Waals surface area contributed by atoms with Crippen LogP contribution in [0, 0.1) is 11.7 Å². The Balaban J connectivity index is 1.69. The monoisotopic (exact) mass is 345 g/mol. The maximum absolute atomic E-state index is 14.1. The number of carbonyl (C=O) groups is 2. The predicted octanol–water partition coefficient (Wildman–Crippen LogP) is 2.05. The molecule has 2 aromatic rings. The highest BCUT2D eigenvalue weighted by atomic mass is 19.1. The number of likely N-dealkylation sites (tertiary alicyclic amines) is 1.